The van der Waals surface area contributed by atoms with E-state index in [1.54, 1.807) is 0 Å². The number of nitrogens with zero attached hydrogens (tertiary/aromatic N) is 2. The Morgan fingerprint density at radius 1 is 1.55 bits per heavy atom. The van der Waals surface area contributed by atoms with Gasteiger partial charge in [-0.2, -0.15) is 4.98 Å². The summed E-state index contributed by atoms with van der Waals surface area (Å²) in [7, 11) is 1.32. The second kappa shape index (κ2) is 3.23. The highest BCUT2D eigenvalue weighted by atomic mass is 19.3. The Hall–Kier alpha value is -1.26. The molecular formula is C6H6F2N2O. The summed E-state index contributed by atoms with van der Waals surface area (Å²) in [5.74, 6) is 0. The lowest BCUT2D eigenvalue weighted by Crippen LogP contribution is -1.95. The molecule has 0 saturated carbocycles. The third-order valence-electron chi connectivity index (χ3n) is 1.06. The van der Waals surface area contributed by atoms with Gasteiger partial charge in [-0.15, -0.1) is 0 Å². The van der Waals surface area contributed by atoms with Gasteiger partial charge in [0.25, 0.3) is 6.43 Å². The Morgan fingerprint density at radius 3 is 2.82 bits per heavy atom. The summed E-state index contributed by atoms with van der Waals surface area (Å²) in [6, 6.07) is 1.11. The predicted molar refractivity (Wildman–Crippen MR) is 33.5 cm³/mol. The first-order chi connectivity index (χ1) is 5.24. The van der Waals surface area contributed by atoms with Crippen molar-refractivity contribution < 1.29 is 13.5 Å². The molecule has 1 heterocycles. The van der Waals surface area contributed by atoms with Gasteiger partial charge in [0, 0.05) is 6.20 Å². The summed E-state index contributed by atoms with van der Waals surface area (Å²) in [4.78, 5) is 6.98. The first kappa shape index (κ1) is 7.84. The summed E-state index contributed by atoms with van der Waals surface area (Å²) >= 11 is 0. The van der Waals surface area contributed by atoms with Crippen LogP contribution in [-0.2, 0) is 0 Å². The predicted octanol–water partition coefficient (Wildman–Crippen LogP) is 1.42. The molecule has 0 atom stereocenters. The van der Waals surface area contributed by atoms with Crippen LogP contribution in [0.15, 0.2) is 12.3 Å². The van der Waals surface area contributed by atoms with Gasteiger partial charge >= 0.3 is 6.01 Å². The van der Waals surface area contributed by atoms with Crippen molar-refractivity contribution in [1.29, 1.82) is 0 Å². The van der Waals surface area contributed by atoms with E-state index in [9.17, 15) is 8.78 Å². The fourth-order valence-corrected chi connectivity index (χ4v) is 0.574. The van der Waals surface area contributed by atoms with Gasteiger partial charge < -0.3 is 4.74 Å². The molecule has 0 fully saturated rings. The van der Waals surface area contributed by atoms with E-state index in [1.165, 1.54) is 13.3 Å². The third kappa shape index (κ3) is 1.83. The van der Waals surface area contributed by atoms with E-state index in [0.29, 0.717) is 0 Å². The Balaban J connectivity index is 2.91. The fraction of sp³-hybridized carbons (Fsp3) is 0.333. The molecule has 11 heavy (non-hydrogen) atoms. The van der Waals surface area contributed by atoms with Crippen LogP contribution in [0.5, 0.6) is 6.01 Å². The topological polar surface area (TPSA) is 35.0 Å². The molecule has 0 N–H and O–H groups in total. The highest BCUT2D eigenvalue weighted by Gasteiger charge is 2.09. The average Bonchev–Trinajstić information content (AvgIpc) is 2.05. The van der Waals surface area contributed by atoms with Gasteiger partial charge in [-0.05, 0) is 6.07 Å². The molecule has 0 aliphatic heterocycles. The molecule has 0 bridgehead atoms. The van der Waals surface area contributed by atoms with Crippen LogP contribution in [0.2, 0.25) is 0 Å². The van der Waals surface area contributed by atoms with Gasteiger partial charge in [-0.1, -0.05) is 0 Å². The van der Waals surface area contributed by atoms with Gasteiger partial charge in [-0.3, -0.25) is 0 Å². The van der Waals surface area contributed by atoms with Crippen LogP contribution in [0.1, 0.15) is 12.1 Å². The maximum Gasteiger partial charge on any atom is 0.316 e. The smallest absolute Gasteiger partial charge is 0.316 e. The number of hydrogen-bond donors (Lipinski definition) is 0. The van der Waals surface area contributed by atoms with Crippen LogP contribution in [0.4, 0.5) is 8.78 Å². The summed E-state index contributed by atoms with van der Waals surface area (Å²) in [6.07, 6.45) is -1.35. The van der Waals surface area contributed by atoms with E-state index in [2.05, 4.69) is 14.7 Å². The molecule has 0 radical (unpaired) electrons. The zero-order chi connectivity index (χ0) is 8.27. The van der Waals surface area contributed by atoms with Crippen LogP contribution < -0.4 is 4.74 Å². The number of rotatable bonds is 2. The largest absolute Gasteiger partial charge is 0.467 e. The Bertz CT molecular complexity index is 242. The molecular weight excluding hydrogens is 154 g/mol. The van der Waals surface area contributed by atoms with Crippen molar-refractivity contribution in [3.8, 4) is 6.01 Å². The summed E-state index contributed by atoms with van der Waals surface area (Å²) in [5.41, 5.74) is -0.322. The monoisotopic (exact) mass is 160 g/mol. The molecule has 60 valence electrons. The van der Waals surface area contributed by atoms with Crippen molar-refractivity contribution >= 4 is 0 Å². The summed E-state index contributed by atoms with van der Waals surface area (Å²) in [5, 5.41) is 0. The van der Waals surface area contributed by atoms with E-state index >= 15 is 0 Å². The normalized spacial score (nSPS) is 10.2. The van der Waals surface area contributed by atoms with E-state index in [1.807, 2.05) is 0 Å². The molecule has 0 aromatic carbocycles. The van der Waals surface area contributed by atoms with Gasteiger partial charge in [0.05, 0.1) is 7.11 Å². The van der Waals surface area contributed by atoms with Gasteiger partial charge in [0.1, 0.15) is 5.69 Å². The minimum Gasteiger partial charge on any atom is -0.467 e. The Labute approximate surface area is 62.0 Å². The lowest BCUT2D eigenvalue weighted by atomic mass is 10.4. The fourth-order valence-electron chi connectivity index (χ4n) is 0.574. The zero-order valence-electron chi connectivity index (χ0n) is 5.79. The number of hydrogen-bond acceptors (Lipinski definition) is 3. The van der Waals surface area contributed by atoms with Crippen molar-refractivity contribution in [1.82, 2.24) is 9.97 Å². The summed E-state index contributed by atoms with van der Waals surface area (Å²) < 4.78 is 28.4. The number of alkyl halides is 2. The van der Waals surface area contributed by atoms with Crippen molar-refractivity contribution in [2.75, 3.05) is 7.11 Å². The standard InChI is InChI=1S/C6H6F2N2O/c1-11-6-9-3-2-4(10-6)5(7)8/h2-3,5H,1H3. The SMILES string of the molecule is COc1nccc(C(F)F)n1. The van der Waals surface area contributed by atoms with Crippen LogP contribution in [0, 0.1) is 0 Å². The van der Waals surface area contributed by atoms with E-state index in [-0.39, 0.29) is 11.7 Å². The highest BCUT2D eigenvalue weighted by Crippen LogP contribution is 2.16. The first-order valence-corrected chi connectivity index (χ1v) is 2.89. The molecule has 0 aliphatic rings. The average molecular weight is 160 g/mol. The number of aromatic nitrogens is 2. The second-order valence-electron chi connectivity index (χ2n) is 1.77. The van der Waals surface area contributed by atoms with Crippen molar-refractivity contribution in [2.45, 2.75) is 6.43 Å². The quantitative estimate of drug-likeness (QED) is 0.656. The number of halogens is 2. The minimum atomic E-state index is -2.58. The van der Waals surface area contributed by atoms with Crippen molar-refractivity contribution in [3.05, 3.63) is 18.0 Å². The molecule has 0 spiro atoms. The van der Waals surface area contributed by atoms with Gasteiger partial charge in [-0.25, -0.2) is 13.8 Å². The van der Waals surface area contributed by atoms with Gasteiger partial charge in [0.2, 0.25) is 0 Å². The molecule has 0 unspecified atom stereocenters. The molecule has 3 nitrogen and oxygen atoms in total. The molecule has 1 rings (SSSR count). The molecule has 0 saturated heterocycles. The van der Waals surface area contributed by atoms with E-state index in [0.717, 1.165) is 6.07 Å². The second-order valence-corrected chi connectivity index (χ2v) is 1.77. The van der Waals surface area contributed by atoms with Crippen LogP contribution in [-0.4, -0.2) is 17.1 Å². The van der Waals surface area contributed by atoms with Gasteiger partial charge in [0.15, 0.2) is 0 Å². The Morgan fingerprint density at radius 2 is 2.27 bits per heavy atom. The molecule has 0 amide bonds. The lowest BCUT2D eigenvalue weighted by molar-refractivity contribution is 0.144. The maximum atomic E-state index is 11.9. The maximum absolute atomic E-state index is 11.9. The number of methoxy groups -OCH3 is 1. The highest BCUT2D eigenvalue weighted by molar-refractivity contribution is 5.06. The molecule has 0 aliphatic carbocycles. The molecule has 5 heteroatoms. The van der Waals surface area contributed by atoms with E-state index in [4.69, 9.17) is 0 Å². The third-order valence-corrected chi connectivity index (χ3v) is 1.06. The van der Waals surface area contributed by atoms with Crippen molar-refractivity contribution in [2.24, 2.45) is 0 Å². The molecule has 1 aromatic heterocycles. The number of ether oxygens (including phenoxy) is 1. The van der Waals surface area contributed by atoms with Crippen molar-refractivity contribution in [3.63, 3.8) is 0 Å². The first-order valence-electron chi connectivity index (χ1n) is 2.89. The van der Waals surface area contributed by atoms with Crippen LogP contribution in [0.25, 0.3) is 0 Å². The molecule has 1 aromatic rings. The zero-order valence-corrected chi connectivity index (χ0v) is 5.79. The summed E-state index contributed by atoms with van der Waals surface area (Å²) in [6.45, 7) is 0. The van der Waals surface area contributed by atoms with Crippen LogP contribution in [0.3, 0.4) is 0 Å². The lowest BCUT2D eigenvalue weighted by Gasteiger charge is -1.99. The van der Waals surface area contributed by atoms with E-state index < -0.39 is 6.43 Å². The Kier molecular flexibility index (Phi) is 2.30. The minimum absolute atomic E-state index is 0.0391. The van der Waals surface area contributed by atoms with Crippen LogP contribution >= 0.6 is 0 Å².